The van der Waals surface area contributed by atoms with Crippen molar-refractivity contribution in [1.82, 2.24) is 10.3 Å². The third kappa shape index (κ3) is 3.52. The minimum atomic E-state index is -0.274. The Labute approximate surface area is 134 Å². The summed E-state index contributed by atoms with van der Waals surface area (Å²) in [6.45, 7) is 2.33. The maximum atomic E-state index is 12.0. The minimum Gasteiger partial charge on any atom is -0.392 e. The van der Waals surface area contributed by atoms with E-state index in [-0.39, 0.29) is 12.6 Å². The molecule has 0 atom stereocenters. The molecule has 0 unspecified atom stereocenters. The second-order valence-electron chi connectivity index (χ2n) is 5.49. The Morgan fingerprint density at radius 2 is 1.91 bits per heavy atom. The van der Waals surface area contributed by atoms with Crippen LogP contribution in [0.15, 0.2) is 48.5 Å². The fourth-order valence-electron chi connectivity index (χ4n) is 2.59. The number of amides is 2. The number of rotatable bonds is 4. The summed E-state index contributed by atoms with van der Waals surface area (Å²) in [5, 5.41) is 16.0. The molecule has 2 aromatic carbocycles. The number of carbonyl (C=O) groups is 1. The van der Waals surface area contributed by atoms with Gasteiger partial charge in [-0.1, -0.05) is 24.3 Å². The van der Waals surface area contributed by atoms with E-state index in [4.69, 9.17) is 0 Å². The second kappa shape index (κ2) is 6.54. The van der Waals surface area contributed by atoms with Crippen molar-refractivity contribution in [1.29, 1.82) is 0 Å². The summed E-state index contributed by atoms with van der Waals surface area (Å²) in [6, 6.07) is 15.0. The van der Waals surface area contributed by atoms with Gasteiger partial charge >= 0.3 is 6.03 Å². The summed E-state index contributed by atoms with van der Waals surface area (Å²) in [4.78, 5) is 15.3. The number of anilines is 1. The SMILES string of the molecule is Cc1cc2cc(NC(=O)NCc3ccccc3CO)ccc2[nH]1. The number of aryl methyl sites for hydroxylation is 1. The highest BCUT2D eigenvalue weighted by Gasteiger charge is 2.06. The maximum Gasteiger partial charge on any atom is 0.319 e. The van der Waals surface area contributed by atoms with Crippen LogP contribution >= 0.6 is 0 Å². The van der Waals surface area contributed by atoms with Gasteiger partial charge in [0.1, 0.15) is 0 Å². The normalized spacial score (nSPS) is 10.7. The van der Waals surface area contributed by atoms with Gasteiger partial charge in [0.25, 0.3) is 0 Å². The van der Waals surface area contributed by atoms with Gasteiger partial charge < -0.3 is 20.7 Å². The van der Waals surface area contributed by atoms with E-state index >= 15 is 0 Å². The molecule has 0 saturated heterocycles. The molecular weight excluding hydrogens is 290 g/mol. The quantitative estimate of drug-likeness (QED) is 0.597. The predicted molar refractivity (Wildman–Crippen MR) is 91.3 cm³/mol. The molecule has 0 spiro atoms. The molecule has 0 saturated carbocycles. The third-order valence-electron chi connectivity index (χ3n) is 3.74. The Morgan fingerprint density at radius 3 is 2.70 bits per heavy atom. The number of fused-ring (bicyclic) bond motifs is 1. The van der Waals surface area contributed by atoms with Gasteiger partial charge in [0.15, 0.2) is 0 Å². The first-order valence-electron chi connectivity index (χ1n) is 7.47. The predicted octanol–water partition coefficient (Wildman–Crippen LogP) is 3.29. The fraction of sp³-hybridized carbons (Fsp3) is 0.167. The first kappa shape index (κ1) is 15.1. The van der Waals surface area contributed by atoms with Crippen LogP contribution in [0.25, 0.3) is 10.9 Å². The van der Waals surface area contributed by atoms with Crippen LogP contribution in [0, 0.1) is 6.92 Å². The zero-order valence-electron chi connectivity index (χ0n) is 12.9. The van der Waals surface area contributed by atoms with E-state index in [1.54, 1.807) is 0 Å². The number of aromatic nitrogens is 1. The van der Waals surface area contributed by atoms with Gasteiger partial charge in [0, 0.05) is 28.8 Å². The lowest BCUT2D eigenvalue weighted by Gasteiger charge is -2.10. The zero-order chi connectivity index (χ0) is 16.2. The lowest BCUT2D eigenvalue weighted by atomic mass is 10.1. The van der Waals surface area contributed by atoms with Gasteiger partial charge in [-0.3, -0.25) is 0 Å². The largest absolute Gasteiger partial charge is 0.392 e. The average molecular weight is 309 g/mol. The first-order chi connectivity index (χ1) is 11.2. The van der Waals surface area contributed by atoms with Gasteiger partial charge in [-0.2, -0.15) is 0 Å². The molecule has 1 heterocycles. The van der Waals surface area contributed by atoms with Crippen molar-refractivity contribution in [3.8, 4) is 0 Å². The molecule has 23 heavy (non-hydrogen) atoms. The number of hydrogen-bond acceptors (Lipinski definition) is 2. The van der Waals surface area contributed by atoms with E-state index in [1.807, 2.05) is 55.5 Å². The van der Waals surface area contributed by atoms with Gasteiger partial charge in [-0.15, -0.1) is 0 Å². The molecule has 0 aliphatic rings. The lowest BCUT2D eigenvalue weighted by molar-refractivity contribution is 0.251. The van der Waals surface area contributed by atoms with Crippen LogP contribution in [0.3, 0.4) is 0 Å². The zero-order valence-corrected chi connectivity index (χ0v) is 12.9. The molecule has 2 amide bonds. The number of H-pyrrole nitrogens is 1. The molecule has 0 bridgehead atoms. The highest BCUT2D eigenvalue weighted by molar-refractivity contribution is 5.92. The molecule has 3 rings (SSSR count). The number of nitrogens with one attached hydrogen (secondary N) is 3. The number of carbonyl (C=O) groups excluding carboxylic acids is 1. The van der Waals surface area contributed by atoms with Crippen molar-refractivity contribution in [2.75, 3.05) is 5.32 Å². The molecule has 0 radical (unpaired) electrons. The van der Waals surface area contributed by atoms with E-state index in [0.29, 0.717) is 6.54 Å². The summed E-state index contributed by atoms with van der Waals surface area (Å²) in [6.07, 6.45) is 0. The lowest BCUT2D eigenvalue weighted by Crippen LogP contribution is -2.28. The average Bonchev–Trinajstić information content (AvgIpc) is 2.92. The molecule has 0 aliphatic carbocycles. The topological polar surface area (TPSA) is 77.2 Å². The van der Waals surface area contributed by atoms with Gasteiger partial charge in [0.2, 0.25) is 0 Å². The molecule has 3 aromatic rings. The van der Waals surface area contributed by atoms with E-state index in [9.17, 15) is 9.90 Å². The van der Waals surface area contributed by atoms with Gasteiger partial charge in [0.05, 0.1) is 6.61 Å². The van der Waals surface area contributed by atoms with E-state index in [2.05, 4.69) is 15.6 Å². The summed E-state index contributed by atoms with van der Waals surface area (Å²) in [7, 11) is 0. The van der Waals surface area contributed by atoms with Crippen LogP contribution in [0.1, 0.15) is 16.8 Å². The van der Waals surface area contributed by atoms with Crippen molar-refractivity contribution >= 4 is 22.6 Å². The Hall–Kier alpha value is -2.79. The van der Waals surface area contributed by atoms with Crippen molar-refractivity contribution in [3.05, 3.63) is 65.4 Å². The molecule has 1 aromatic heterocycles. The maximum absolute atomic E-state index is 12.0. The van der Waals surface area contributed by atoms with Gasteiger partial charge in [-0.05, 0) is 42.3 Å². The van der Waals surface area contributed by atoms with Crippen LogP contribution in [0.4, 0.5) is 10.5 Å². The van der Waals surface area contributed by atoms with E-state index in [0.717, 1.165) is 33.4 Å². The van der Waals surface area contributed by atoms with Crippen LogP contribution in [0.2, 0.25) is 0 Å². The summed E-state index contributed by atoms with van der Waals surface area (Å²) < 4.78 is 0. The Morgan fingerprint density at radius 1 is 1.13 bits per heavy atom. The molecular formula is C18H19N3O2. The van der Waals surface area contributed by atoms with Crippen molar-refractivity contribution in [2.24, 2.45) is 0 Å². The van der Waals surface area contributed by atoms with Crippen LogP contribution in [-0.4, -0.2) is 16.1 Å². The molecule has 0 aliphatic heterocycles. The fourth-order valence-corrected chi connectivity index (χ4v) is 2.59. The molecule has 4 N–H and O–H groups in total. The molecule has 118 valence electrons. The number of aliphatic hydroxyl groups excluding tert-OH is 1. The summed E-state index contributed by atoms with van der Waals surface area (Å²) >= 11 is 0. The minimum absolute atomic E-state index is 0.0387. The highest BCUT2D eigenvalue weighted by Crippen LogP contribution is 2.19. The summed E-state index contributed by atoms with van der Waals surface area (Å²) in [5.41, 5.74) is 4.59. The van der Waals surface area contributed by atoms with Crippen molar-refractivity contribution < 1.29 is 9.90 Å². The molecule has 5 nitrogen and oxygen atoms in total. The monoisotopic (exact) mass is 309 g/mol. The second-order valence-corrected chi connectivity index (χ2v) is 5.49. The standard InChI is InChI=1S/C18H19N3O2/c1-12-8-15-9-16(6-7-17(15)20-12)21-18(23)19-10-13-4-2-3-5-14(13)11-22/h2-9,20,22H,10-11H2,1H3,(H2,19,21,23). The number of aromatic amines is 1. The molecule has 0 fully saturated rings. The number of benzene rings is 2. The van der Waals surface area contributed by atoms with Crippen molar-refractivity contribution in [2.45, 2.75) is 20.1 Å². The van der Waals surface area contributed by atoms with Crippen LogP contribution in [0.5, 0.6) is 0 Å². The van der Waals surface area contributed by atoms with Crippen molar-refractivity contribution in [3.63, 3.8) is 0 Å². The molecule has 5 heteroatoms. The third-order valence-corrected chi connectivity index (χ3v) is 3.74. The Bertz CT molecular complexity index is 839. The van der Waals surface area contributed by atoms with E-state index in [1.165, 1.54) is 0 Å². The van der Waals surface area contributed by atoms with Gasteiger partial charge in [-0.25, -0.2) is 4.79 Å². The highest BCUT2D eigenvalue weighted by atomic mass is 16.3. The number of urea groups is 1. The van der Waals surface area contributed by atoms with E-state index < -0.39 is 0 Å². The number of hydrogen-bond donors (Lipinski definition) is 4. The summed E-state index contributed by atoms with van der Waals surface area (Å²) in [5.74, 6) is 0. The van der Waals surface area contributed by atoms with Crippen LogP contribution < -0.4 is 10.6 Å². The first-order valence-corrected chi connectivity index (χ1v) is 7.47. The smallest absolute Gasteiger partial charge is 0.319 e. The Balaban J connectivity index is 1.64. The number of aliphatic hydroxyl groups is 1. The Kier molecular flexibility index (Phi) is 4.30. The van der Waals surface area contributed by atoms with Crippen LogP contribution in [-0.2, 0) is 13.2 Å².